The van der Waals surface area contributed by atoms with Crippen LogP contribution in [0.15, 0.2) is 65.7 Å². The lowest BCUT2D eigenvalue weighted by Gasteiger charge is -2.33. The number of hydrogen-bond acceptors (Lipinski definition) is 7. The molecule has 0 atom stereocenters. The summed E-state index contributed by atoms with van der Waals surface area (Å²) in [5.74, 6) is -0.530. The maximum atomic E-state index is 13.9. The quantitative estimate of drug-likeness (QED) is 0.304. The molecule has 0 radical (unpaired) electrons. The van der Waals surface area contributed by atoms with Gasteiger partial charge in [-0.15, -0.1) is 0 Å². The Kier molecular flexibility index (Phi) is 7.62. The highest BCUT2D eigenvalue weighted by Crippen LogP contribution is 2.40. The number of piperidine rings is 1. The van der Waals surface area contributed by atoms with E-state index >= 15 is 0 Å². The molecule has 0 unspecified atom stereocenters. The average Bonchev–Trinajstić information content (AvgIpc) is 3.39. The summed E-state index contributed by atoms with van der Waals surface area (Å²) in [6.45, 7) is 0.549. The number of hydrogen-bond donors (Lipinski definition) is 0. The van der Waals surface area contributed by atoms with Crippen molar-refractivity contribution in [2.45, 2.75) is 24.3 Å². The molecule has 2 aromatic heterocycles. The molecule has 5 rings (SSSR count). The van der Waals surface area contributed by atoms with Gasteiger partial charge in [0.2, 0.25) is 15.9 Å². The number of methoxy groups -OCH3 is 1. The Labute approximate surface area is 228 Å². The topological polar surface area (TPSA) is 92.7 Å². The third-order valence-corrected chi connectivity index (χ3v) is 9.92. The van der Waals surface area contributed by atoms with Gasteiger partial charge in [-0.05, 0) is 61.4 Å². The van der Waals surface area contributed by atoms with E-state index in [1.807, 2.05) is 12.1 Å². The van der Waals surface area contributed by atoms with Gasteiger partial charge < -0.3 is 4.74 Å². The lowest BCUT2D eigenvalue weighted by atomic mass is 9.96. The summed E-state index contributed by atoms with van der Waals surface area (Å²) in [5.41, 5.74) is 1.26. The molecular formula is C26H24ClFN4O4S2. The van der Waals surface area contributed by atoms with Gasteiger partial charge in [0, 0.05) is 25.2 Å². The molecule has 1 aliphatic rings. The molecule has 0 bridgehead atoms. The van der Waals surface area contributed by atoms with Crippen LogP contribution in [-0.4, -0.2) is 48.8 Å². The van der Waals surface area contributed by atoms with E-state index in [9.17, 15) is 17.6 Å². The average molecular weight is 575 g/mol. The molecule has 38 heavy (non-hydrogen) atoms. The fraction of sp³-hybridized carbons (Fsp3) is 0.269. The standard InChI is InChI=1S/C26H24ClFN4O4S2/c1-36-22-10-9-21(27)24-23(22)30-26(37-24)32(16-19-4-2-3-13-29-19)25(33)17-11-14-31(15-12-17)38(34,35)20-7-5-18(28)6-8-20/h2-10,13,17H,11-12,14-16H2,1H3. The maximum absolute atomic E-state index is 13.9. The number of anilines is 1. The lowest BCUT2D eigenvalue weighted by molar-refractivity contribution is -0.123. The van der Waals surface area contributed by atoms with Gasteiger partial charge in [0.05, 0.1) is 34.0 Å². The Morgan fingerprint density at radius 1 is 1.16 bits per heavy atom. The first kappa shape index (κ1) is 26.5. The fourth-order valence-electron chi connectivity index (χ4n) is 4.43. The predicted octanol–water partition coefficient (Wildman–Crippen LogP) is 5.13. The molecule has 1 saturated heterocycles. The number of aromatic nitrogens is 2. The lowest BCUT2D eigenvalue weighted by Crippen LogP contribution is -2.44. The second-order valence-corrected chi connectivity index (χ2v) is 12.1. The van der Waals surface area contributed by atoms with Crippen LogP contribution in [0.1, 0.15) is 18.5 Å². The van der Waals surface area contributed by atoms with Gasteiger partial charge in [-0.1, -0.05) is 29.0 Å². The Bertz CT molecular complexity index is 1560. The minimum Gasteiger partial charge on any atom is -0.494 e. The molecule has 8 nitrogen and oxygen atoms in total. The van der Waals surface area contributed by atoms with Crippen molar-refractivity contribution in [3.05, 3.63) is 77.3 Å². The highest BCUT2D eigenvalue weighted by molar-refractivity contribution is 7.89. The monoisotopic (exact) mass is 574 g/mol. The highest BCUT2D eigenvalue weighted by atomic mass is 35.5. The highest BCUT2D eigenvalue weighted by Gasteiger charge is 2.35. The van der Waals surface area contributed by atoms with Gasteiger partial charge in [0.15, 0.2) is 5.13 Å². The first-order valence-corrected chi connectivity index (χ1v) is 14.5. The number of rotatable bonds is 7. The van der Waals surface area contributed by atoms with Crippen molar-refractivity contribution < 1.29 is 22.3 Å². The molecule has 4 aromatic rings. The summed E-state index contributed by atoms with van der Waals surface area (Å²) in [6.07, 6.45) is 2.34. The van der Waals surface area contributed by atoms with Crippen LogP contribution < -0.4 is 9.64 Å². The largest absolute Gasteiger partial charge is 0.494 e. The number of nitrogens with zero attached hydrogens (tertiary/aromatic N) is 4. The van der Waals surface area contributed by atoms with Crippen molar-refractivity contribution in [1.82, 2.24) is 14.3 Å². The van der Waals surface area contributed by atoms with Gasteiger partial charge in [0.25, 0.3) is 0 Å². The summed E-state index contributed by atoms with van der Waals surface area (Å²) in [6, 6.07) is 13.7. The molecule has 0 spiro atoms. The zero-order chi connectivity index (χ0) is 26.9. The number of thiazole rings is 1. The van der Waals surface area contributed by atoms with E-state index in [4.69, 9.17) is 21.3 Å². The van der Waals surface area contributed by atoms with E-state index in [-0.39, 0.29) is 30.4 Å². The van der Waals surface area contributed by atoms with Gasteiger partial charge in [-0.25, -0.2) is 17.8 Å². The van der Waals surface area contributed by atoms with E-state index in [0.717, 1.165) is 12.1 Å². The van der Waals surface area contributed by atoms with Crippen LogP contribution in [0.2, 0.25) is 5.02 Å². The van der Waals surface area contributed by atoms with E-state index in [0.29, 0.717) is 44.7 Å². The first-order chi connectivity index (χ1) is 18.3. The number of benzene rings is 2. The fourth-order valence-corrected chi connectivity index (χ4v) is 7.16. The summed E-state index contributed by atoms with van der Waals surface area (Å²) in [7, 11) is -2.24. The van der Waals surface area contributed by atoms with Crippen molar-refractivity contribution in [3.63, 3.8) is 0 Å². The second kappa shape index (κ2) is 10.9. The van der Waals surface area contributed by atoms with Gasteiger partial charge >= 0.3 is 0 Å². The smallest absolute Gasteiger partial charge is 0.243 e. The summed E-state index contributed by atoms with van der Waals surface area (Å²) < 4.78 is 46.8. The Hall–Kier alpha value is -3.12. The molecule has 0 N–H and O–H groups in total. The molecule has 2 aromatic carbocycles. The van der Waals surface area contributed by atoms with E-state index in [1.165, 1.54) is 27.8 Å². The number of amides is 1. The molecular weight excluding hydrogens is 551 g/mol. The van der Waals surface area contributed by atoms with E-state index in [1.54, 1.807) is 36.4 Å². The van der Waals surface area contributed by atoms with Crippen LogP contribution in [-0.2, 0) is 21.4 Å². The number of fused-ring (bicyclic) bond motifs is 1. The van der Waals surface area contributed by atoms with Crippen LogP contribution in [0.3, 0.4) is 0 Å². The molecule has 0 aliphatic carbocycles. The van der Waals surface area contributed by atoms with Crippen LogP contribution in [0.5, 0.6) is 5.75 Å². The first-order valence-electron chi connectivity index (χ1n) is 11.9. The molecule has 1 aliphatic heterocycles. The predicted molar refractivity (Wildman–Crippen MR) is 144 cm³/mol. The van der Waals surface area contributed by atoms with E-state index in [2.05, 4.69) is 4.98 Å². The second-order valence-electron chi connectivity index (χ2n) is 8.80. The zero-order valence-electron chi connectivity index (χ0n) is 20.4. The maximum Gasteiger partial charge on any atom is 0.243 e. The molecule has 12 heteroatoms. The number of carbonyl (C=O) groups is 1. The molecule has 1 fully saturated rings. The number of ether oxygens (including phenoxy) is 1. The molecule has 198 valence electrons. The van der Waals surface area contributed by atoms with Crippen LogP contribution in [0.25, 0.3) is 10.2 Å². The van der Waals surface area contributed by atoms with Crippen LogP contribution in [0, 0.1) is 11.7 Å². The Morgan fingerprint density at radius 3 is 2.55 bits per heavy atom. The number of pyridine rings is 1. The molecule has 3 heterocycles. The van der Waals surface area contributed by atoms with Crippen molar-refractivity contribution in [1.29, 1.82) is 0 Å². The Morgan fingerprint density at radius 2 is 1.89 bits per heavy atom. The van der Waals surface area contributed by atoms with E-state index < -0.39 is 21.8 Å². The SMILES string of the molecule is COc1ccc(Cl)c2sc(N(Cc3ccccn3)C(=O)C3CCN(S(=O)(=O)c4ccc(F)cc4)CC3)nc12. The van der Waals surface area contributed by atoms with Crippen molar-refractivity contribution >= 4 is 54.2 Å². The Balaban J connectivity index is 1.40. The summed E-state index contributed by atoms with van der Waals surface area (Å²) >= 11 is 7.72. The molecule has 0 saturated carbocycles. The summed E-state index contributed by atoms with van der Waals surface area (Å²) in [4.78, 5) is 24.6. The van der Waals surface area contributed by atoms with Gasteiger partial charge in [0.1, 0.15) is 17.1 Å². The zero-order valence-corrected chi connectivity index (χ0v) is 22.8. The van der Waals surface area contributed by atoms with Crippen LogP contribution >= 0.6 is 22.9 Å². The van der Waals surface area contributed by atoms with Crippen molar-refractivity contribution in [2.75, 3.05) is 25.1 Å². The van der Waals surface area contributed by atoms with Gasteiger partial charge in [-0.3, -0.25) is 14.7 Å². The van der Waals surface area contributed by atoms with Crippen molar-refractivity contribution in [2.24, 2.45) is 5.92 Å². The number of carbonyl (C=O) groups excluding carboxylic acids is 1. The number of halogens is 2. The van der Waals surface area contributed by atoms with Crippen molar-refractivity contribution in [3.8, 4) is 5.75 Å². The minimum absolute atomic E-state index is 0.0285. The number of sulfonamides is 1. The minimum atomic E-state index is -3.79. The molecule has 1 amide bonds. The third kappa shape index (κ3) is 5.24. The van der Waals surface area contributed by atoms with Crippen LogP contribution in [0.4, 0.5) is 9.52 Å². The summed E-state index contributed by atoms with van der Waals surface area (Å²) in [5, 5.41) is 0.970. The normalized spacial score (nSPS) is 15.0. The third-order valence-electron chi connectivity index (χ3n) is 6.46. The van der Waals surface area contributed by atoms with Gasteiger partial charge in [-0.2, -0.15) is 4.31 Å².